The fourth-order valence-electron chi connectivity index (χ4n) is 2.88. The van der Waals surface area contributed by atoms with Crippen molar-refractivity contribution in [1.82, 2.24) is 14.9 Å². The van der Waals surface area contributed by atoms with Gasteiger partial charge in [0.05, 0.1) is 29.3 Å². The number of benzene rings is 1. The number of nitrogens with one attached hydrogen (secondary N) is 1. The first-order valence-electron chi connectivity index (χ1n) is 8.79. The fraction of sp³-hybridized carbons (Fsp3) is 0.500. The molecule has 0 spiro atoms. The van der Waals surface area contributed by atoms with E-state index in [-0.39, 0.29) is 23.3 Å². The molecule has 1 fully saturated rings. The molecule has 0 aliphatic carbocycles. The van der Waals surface area contributed by atoms with Crippen molar-refractivity contribution in [3.8, 4) is 0 Å². The molecule has 1 aliphatic heterocycles. The van der Waals surface area contributed by atoms with Crippen LogP contribution in [0.2, 0.25) is 5.02 Å². The zero-order valence-corrected chi connectivity index (χ0v) is 16.2. The number of carbonyl (C=O) groups is 1. The lowest BCUT2D eigenvalue weighted by molar-refractivity contribution is -0.118. The lowest BCUT2D eigenvalue weighted by Gasteiger charge is -2.16. The van der Waals surface area contributed by atoms with E-state index >= 15 is 0 Å². The van der Waals surface area contributed by atoms with E-state index < -0.39 is 0 Å². The Hall–Kier alpha value is -1.57. The van der Waals surface area contributed by atoms with Crippen LogP contribution in [0, 0.1) is 0 Å². The maximum Gasteiger partial charge on any atom is 0.262 e. The highest BCUT2D eigenvalue weighted by Gasteiger charge is 2.20. The summed E-state index contributed by atoms with van der Waals surface area (Å²) in [5.41, 5.74) is 0.418. The SMILES string of the molecule is CCCNC(=O)CSc1nc2cc(Cl)ccc2c(=O)n1C[C@H]1CCCO1. The van der Waals surface area contributed by atoms with Crippen molar-refractivity contribution < 1.29 is 9.53 Å². The normalized spacial score (nSPS) is 16.9. The summed E-state index contributed by atoms with van der Waals surface area (Å²) in [4.78, 5) is 29.5. The highest BCUT2D eigenvalue weighted by atomic mass is 35.5. The van der Waals surface area contributed by atoms with Gasteiger partial charge in [0.15, 0.2) is 5.16 Å². The van der Waals surface area contributed by atoms with Crippen LogP contribution in [0.5, 0.6) is 0 Å². The van der Waals surface area contributed by atoms with Crippen LogP contribution in [0.4, 0.5) is 0 Å². The van der Waals surface area contributed by atoms with Gasteiger partial charge in [0.25, 0.3) is 5.56 Å². The van der Waals surface area contributed by atoms with Crippen LogP contribution >= 0.6 is 23.4 Å². The molecule has 1 aromatic heterocycles. The number of rotatable bonds is 7. The van der Waals surface area contributed by atoms with Gasteiger partial charge in [-0.05, 0) is 37.5 Å². The van der Waals surface area contributed by atoms with Gasteiger partial charge in [-0.25, -0.2) is 4.98 Å². The first-order chi connectivity index (χ1) is 12.6. The number of fused-ring (bicyclic) bond motifs is 1. The van der Waals surface area contributed by atoms with E-state index in [1.807, 2.05) is 6.92 Å². The highest BCUT2D eigenvalue weighted by Crippen LogP contribution is 2.22. The van der Waals surface area contributed by atoms with Gasteiger partial charge in [-0.2, -0.15) is 0 Å². The second kappa shape index (κ2) is 8.88. The molecule has 1 saturated heterocycles. The van der Waals surface area contributed by atoms with Gasteiger partial charge in [-0.1, -0.05) is 30.3 Å². The standard InChI is InChI=1S/C18H22ClN3O3S/c1-2-7-20-16(23)11-26-18-21-15-9-12(19)5-6-14(15)17(24)22(18)10-13-4-3-8-25-13/h5-6,9,13H,2-4,7-8,10-11H2,1H3,(H,20,23)/t13-/m1/s1. The lowest BCUT2D eigenvalue weighted by Crippen LogP contribution is -2.30. The molecule has 0 unspecified atom stereocenters. The van der Waals surface area contributed by atoms with Crippen LogP contribution in [-0.2, 0) is 16.1 Å². The highest BCUT2D eigenvalue weighted by molar-refractivity contribution is 7.99. The number of hydrogen-bond donors (Lipinski definition) is 1. The summed E-state index contributed by atoms with van der Waals surface area (Å²) in [5.74, 6) is 0.144. The molecular formula is C18H22ClN3O3S. The maximum atomic E-state index is 13.0. The molecule has 6 nitrogen and oxygen atoms in total. The first-order valence-corrected chi connectivity index (χ1v) is 10.2. The van der Waals surface area contributed by atoms with Crippen LogP contribution in [0.3, 0.4) is 0 Å². The number of carbonyl (C=O) groups excluding carboxylic acids is 1. The van der Waals surface area contributed by atoms with Crippen LogP contribution in [0.1, 0.15) is 26.2 Å². The van der Waals surface area contributed by atoms with E-state index in [1.165, 1.54) is 11.8 Å². The summed E-state index contributed by atoms with van der Waals surface area (Å²) in [7, 11) is 0. The van der Waals surface area contributed by atoms with Crippen LogP contribution < -0.4 is 10.9 Å². The fourth-order valence-corrected chi connectivity index (χ4v) is 3.89. The van der Waals surface area contributed by atoms with Crippen molar-refractivity contribution in [2.24, 2.45) is 0 Å². The Morgan fingerprint density at radius 2 is 2.35 bits per heavy atom. The summed E-state index contributed by atoms with van der Waals surface area (Å²) < 4.78 is 7.31. The van der Waals surface area contributed by atoms with Gasteiger partial charge in [-0.3, -0.25) is 14.2 Å². The van der Waals surface area contributed by atoms with Crippen LogP contribution in [-0.4, -0.2) is 40.5 Å². The van der Waals surface area contributed by atoms with Gasteiger partial charge < -0.3 is 10.1 Å². The van der Waals surface area contributed by atoms with Gasteiger partial charge in [0.2, 0.25) is 5.91 Å². The van der Waals surface area contributed by atoms with E-state index in [9.17, 15) is 9.59 Å². The van der Waals surface area contributed by atoms with Crippen molar-refractivity contribution in [2.75, 3.05) is 18.9 Å². The third kappa shape index (κ3) is 4.58. The molecule has 140 valence electrons. The van der Waals surface area contributed by atoms with Crippen molar-refractivity contribution >= 4 is 40.2 Å². The summed E-state index contributed by atoms with van der Waals surface area (Å²) in [6, 6.07) is 5.06. The molecule has 2 heterocycles. The number of ether oxygens (including phenoxy) is 1. The summed E-state index contributed by atoms with van der Waals surface area (Å²) in [6.07, 6.45) is 2.81. The predicted octanol–water partition coefficient (Wildman–Crippen LogP) is 2.85. The molecule has 0 radical (unpaired) electrons. The second-order valence-electron chi connectivity index (χ2n) is 6.25. The minimum atomic E-state index is -0.126. The average molecular weight is 396 g/mol. The van der Waals surface area contributed by atoms with Crippen LogP contribution in [0.15, 0.2) is 28.2 Å². The Labute approximate surface area is 161 Å². The molecule has 8 heteroatoms. The van der Waals surface area contributed by atoms with Crippen molar-refractivity contribution in [3.63, 3.8) is 0 Å². The molecule has 26 heavy (non-hydrogen) atoms. The molecule has 1 amide bonds. The van der Waals surface area contributed by atoms with E-state index in [0.29, 0.717) is 34.2 Å². The lowest BCUT2D eigenvalue weighted by atomic mass is 10.2. The van der Waals surface area contributed by atoms with E-state index in [1.54, 1.807) is 22.8 Å². The Morgan fingerprint density at radius 1 is 1.50 bits per heavy atom. The maximum absolute atomic E-state index is 13.0. The number of thioether (sulfide) groups is 1. The quantitative estimate of drug-likeness (QED) is 0.576. The summed E-state index contributed by atoms with van der Waals surface area (Å²) in [6.45, 7) is 3.81. The van der Waals surface area contributed by atoms with Crippen LogP contribution in [0.25, 0.3) is 10.9 Å². The molecule has 1 aliphatic rings. The van der Waals surface area contributed by atoms with Gasteiger partial charge >= 0.3 is 0 Å². The smallest absolute Gasteiger partial charge is 0.262 e. The number of hydrogen-bond acceptors (Lipinski definition) is 5. The Bertz CT molecular complexity index is 849. The zero-order chi connectivity index (χ0) is 18.5. The minimum absolute atomic E-state index is 0.00696. The van der Waals surface area contributed by atoms with Crippen molar-refractivity contribution in [3.05, 3.63) is 33.6 Å². The number of amides is 1. The molecule has 1 N–H and O–H groups in total. The molecule has 1 aromatic carbocycles. The number of halogens is 1. The molecular weight excluding hydrogens is 374 g/mol. The zero-order valence-electron chi connectivity index (χ0n) is 14.7. The molecule has 0 saturated carbocycles. The Balaban J connectivity index is 1.91. The first kappa shape index (κ1) is 19.2. The van der Waals surface area contributed by atoms with Gasteiger partial charge in [0.1, 0.15) is 0 Å². The number of nitrogens with zero attached hydrogens (tertiary/aromatic N) is 2. The average Bonchev–Trinajstić information content (AvgIpc) is 3.13. The molecule has 1 atom stereocenters. The van der Waals surface area contributed by atoms with E-state index in [4.69, 9.17) is 16.3 Å². The van der Waals surface area contributed by atoms with Crippen molar-refractivity contribution in [2.45, 2.75) is 44.0 Å². The Kier molecular flexibility index (Phi) is 6.56. The third-order valence-electron chi connectivity index (χ3n) is 4.20. The Morgan fingerprint density at radius 3 is 3.08 bits per heavy atom. The topological polar surface area (TPSA) is 73.2 Å². The predicted molar refractivity (Wildman–Crippen MR) is 104 cm³/mol. The molecule has 0 bridgehead atoms. The van der Waals surface area contributed by atoms with E-state index in [0.717, 1.165) is 25.9 Å². The second-order valence-corrected chi connectivity index (χ2v) is 7.62. The largest absolute Gasteiger partial charge is 0.376 e. The molecule has 2 aromatic rings. The molecule has 3 rings (SSSR count). The van der Waals surface area contributed by atoms with Gasteiger partial charge in [-0.15, -0.1) is 0 Å². The van der Waals surface area contributed by atoms with E-state index in [2.05, 4.69) is 10.3 Å². The summed E-state index contributed by atoms with van der Waals surface area (Å²) >= 11 is 7.31. The number of aromatic nitrogens is 2. The summed E-state index contributed by atoms with van der Waals surface area (Å²) in [5, 5.41) is 4.40. The monoisotopic (exact) mass is 395 g/mol. The minimum Gasteiger partial charge on any atom is -0.376 e. The van der Waals surface area contributed by atoms with Crippen molar-refractivity contribution in [1.29, 1.82) is 0 Å². The third-order valence-corrected chi connectivity index (χ3v) is 5.41. The van der Waals surface area contributed by atoms with Gasteiger partial charge in [0, 0.05) is 18.2 Å².